The number of benzene rings is 1. The number of ether oxygens (including phenoxy) is 1. The van der Waals surface area contributed by atoms with E-state index in [1.165, 1.54) is 0 Å². The van der Waals surface area contributed by atoms with E-state index in [4.69, 9.17) is 16.3 Å². The van der Waals surface area contributed by atoms with Crippen LogP contribution in [0, 0.1) is 13.8 Å². The van der Waals surface area contributed by atoms with Crippen LogP contribution in [0.3, 0.4) is 0 Å². The van der Waals surface area contributed by atoms with Gasteiger partial charge in [-0.15, -0.1) is 0 Å². The smallest absolute Gasteiger partial charge is 0.222 e. The van der Waals surface area contributed by atoms with Gasteiger partial charge in [0.15, 0.2) is 0 Å². The van der Waals surface area contributed by atoms with Crippen molar-refractivity contribution < 1.29 is 9.53 Å². The first kappa shape index (κ1) is 16.8. The van der Waals surface area contributed by atoms with E-state index in [9.17, 15) is 4.79 Å². The van der Waals surface area contributed by atoms with Gasteiger partial charge in [0.05, 0.1) is 6.61 Å². The second kappa shape index (κ2) is 8.15. The van der Waals surface area contributed by atoms with Crippen LogP contribution < -0.4 is 4.74 Å². The Hall–Kier alpha value is -1.22. The minimum Gasteiger partial charge on any atom is -0.494 e. The summed E-state index contributed by atoms with van der Waals surface area (Å²) < 4.78 is 5.69. The van der Waals surface area contributed by atoms with Gasteiger partial charge in [-0.1, -0.05) is 11.6 Å². The Labute approximate surface area is 126 Å². The molecule has 1 rings (SSSR count). The molecule has 0 atom stereocenters. The molecule has 0 spiro atoms. The van der Waals surface area contributed by atoms with Gasteiger partial charge >= 0.3 is 0 Å². The third kappa shape index (κ3) is 4.71. The van der Waals surface area contributed by atoms with E-state index in [1.807, 2.05) is 44.7 Å². The van der Waals surface area contributed by atoms with Crippen LogP contribution in [-0.2, 0) is 4.79 Å². The molecule has 0 aromatic heterocycles. The highest BCUT2D eigenvalue weighted by Crippen LogP contribution is 2.25. The maximum absolute atomic E-state index is 11.8. The summed E-state index contributed by atoms with van der Waals surface area (Å²) in [7, 11) is 0. The number of nitrogens with zero attached hydrogens (tertiary/aromatic N) is 1. The number of rotatable bonds is 7. The molecule has 0 heterocycles. The van der Waals surface area contributed by atoms with Crippen molar-refractivity contribution in [1.29, 1.82) is 0 Å². The molecule has 3 nitrogen and oxygen atoms in total. The SMILES string of the molecule is CCN(CC)C(=O)CCCOc1cc(C)c(Cl)c(C)c1. The molecule has 0 bridgehead atoms. The van der Waals surface area contributed by atoms with Crippen molar-refractivity contribution in [2.24, 2.45) is 0 Å². The second-order valence-electron chi connectivity index (χ2n) is 4.89. The van der Waals surface area contributed by atoms with Crippen molar-refractivity contribution in [3.05, 3.63) is 28.3 Å². The molecule has 0 saturated heterocycles. The van der Waals surface area contributed by atoms with Crippen molar-refractivity contribution in [2.75, 3.05) is 19.7 Å². The molecule has 1 aromatic rings. The predicted molar refractivity (Wildman–Crippen MR) is 83.6 cm³/mol. The third-order valence-corrected chi connectivity index (χ3v) is 3.93. The lowest BCUT2D eigenvalue weighted by molar-refractivity contribution is -0.131. The average molecular weight is 298 g/mol. The molecule has 0 aliphatic rings. The van der Waals surface area contributed by atoms with Gasteiger partial charge in [0.25, 0.3) is 0 Å². The van der Waals surface area contributed by atoms with Crippen LogP contribution >= 0.6 is 11.6 Å². The Bertz CT molecular complexity index is 433. The monoisotopic (exact) mass is 297 g/mol. The van der Waals surface area contributed by atoms with Gasteiger partial charge in [-0.05, 0) is 57.4 Å². The average Bonchev–Trinajstić information content (AvgIpc) is 2.42. The molecule has 4 heteroatoms. The van der Waals surface area contributed by atoms with Crippen LogP contribution in [0.4, 0.5) is 0 Å². The van der Waals surface area contributed by atoms with Crippen LogP contribution in [0.5, 0.6) is 5.75 Å². The van der Waals surface area contributed by atoms with E-state index in [0.717, 1.165) is 41.4 Å². The Balaban J connectivity index is 2.40. The first-order valence-corrected chi connectivity index (χ1v) is 7.54. The number of amides is 1. The minimum atomic E-state index is 0.196. The number of hydrogen-bond donors (Lipinski definition) is 0. The summed E-state index contributed by atoms with van der Waals surface area (Å²) in [5.41, 5.74) is 2.03. The molecule has 0 saturated carbocycles. The van der Waals surface area contributed by atoms with E-state index >= 15 is 0 Å². The van der Waals surface area contributed by atoms with Crippen molar-refractivity contribution in [1.82, 2.24) is 4.90 Å². The molecule has 0 fully saturated rings. The quantitative estimate of drug-likeness (QED) is 0.712. The van der Waals surface area contributed by atoms with Crippen molar-refractivity contribution in [3.63, 3.8) is 0 Å². The van der Waals surface area contributed by atoms with E-state index in [2.05, 4.69) is 0 Å². The zero-order chi connectivity index (χ0) is 15.1. The number of carbonyl (C=O) groups is 1. The molecular weight excluding hydrogens is 274 g/mol. The van der Waals surface area contributed by atoms with Gasteiger partial charge in [0.1, 0.15) is 5.75 Å². The highest BCUT2D eigenvalue weighted by Gasteiger charge is 2.09. The fraction of sp³-hybridized carbons (Fsp3) is 0.562. The molecule has 112 valence electrons. The summed E-state index contributed by atoms with van der Waals surface area (Å²) in [5.74, 6) is 1.02. The highest BCUT2D eigenvalue weighted by molar-refractivity contribution is 6.32. The number of hydrogen-bond acceptors (Lipinski definition) is 2. The zero-order valence-corrected chi connectivity index (χ0v) is 13.6. The summed E-state index contributed by atoms with van der Waals surface area (Å²) in [4.78, 5) is 13.7. The third-order valence-electron chi connectivity index (χ3n) is 3.33. The largest absolute Gasteiger partial charge is 0.494 e. The lowest BCUT2D eigenvalue weighted by Gasteiger charge is -2.18. The summed E-state index contributed by atoms with van der Waals surface area (Å²) in [5, 5.41) is 0.786. The van der Waals surface area contributed by atoms with Crippen LogP contribution in [-0.4, -0.2) is 30.5 Å². The van der Waals surface area contributed by atoms with Gasteiger partial charge in [-0.25, -0.2) is 0 Å². The van der Waals surface area contributed by atoms with Crippen LogP contribution in [0.1, 0.15) is 37.8 Å². The van der Waals surface area contributed by atoms with E-state index in [-0.39, 0.29) is 5.91 Å². The Kier molecular flexibility index (Phi) is 6.86. The Morgan fingerprint density at radius 1 is 1.20 bits per heavy atom. The van der Waals surface area contributed by atoms with Crippen molar-refractivity contribution in [2.45, 2.75) is 40.5 Å². The summed E-state index contributed by atoms with van der Waals surface area (Å²) in [6, 6.07) is 3.86. The fourth-order valence-electron chi connectivity index (χ4n) is 2.14. The number of aryl methyl sites for hydroxylation is 2. The predicted octanol–water partition coefficient (Wildman–Crippen LogP) is 3.98. The summed E-state index contributed by atoms with van der Waals surface area (Å²) >= 11 is 6.11. The first-order chi connectivity index (χ1) is 9.49. The Morgan fingerprint density at radius 2 is 1.75 bits per heavy atom. The fourth-order valence-corrected chi connectivity index (χ4v) is 2.25. The number of halogens is 1. The van der Waals surface area contributed by atoms with Gasteiger partial charge < -0.3 is 9.64 Å². The molecule has 0 aliphatic heterocycles. The summed E-state index contributed by atoms with van der Waals surface area (Å²) in [6.45, 7) is 10.0. The molecule has 1 amide bonds. The minimum absolute atomic E-state index is 0.196. The van der Waals surface area contributed by atoms with E-state index in [1.54, 1.807) is 0 Å². The second-order valence-corrected chi connectivity index (χ2v) is 5.27. The lowest BCUT2D eigenvalue weighted by atomic mass is 10.1. The van der Waals surface area contributed by atoms with Gasteiger partial charge in [-0.3, -0.25) is 4.79 Å². The highest BCUT2D eigenvalue weighted by atomic mass is 35.5. The van der Waals surface area contributed by atoms with Crippen LogP contribution in [0.2, 0.25) is 5.02 Å². The molecule has 1 aromatic carbocycles. The summed E-state index contributed by atoms with van der Waals surface area (Å²) in [6.07, 6.45) is 1.27. The van der Waals surface area contributed by atoms with Gasteiger partial charge in [-0.2, -0.15) is 0 Å². The standard InChI is InChI=1S/C16H24ClNO2/c1-5-18(6-2)15(19)8-7-9-20-14-10-12(3)16(17)13(4)11-14/h10-11H,5-9H2,1-4H3. The zero-order valence-electron chi connectivity index (χ0n) is 12.8. The molecule has 0 radical (unpaired) electrons. The molecule has 0 unspecified atom stereocenters. The molecular formula is C16H24ClNO2. The Morgan fingerprint density at radius 3 is 2.25 bits per heavy atom. The van der Waals surface area contributed by atoms with Gasteiger partial charge in [0.2, 0.25) is 5.91 Å². The van der Waals surface area contributed by atoms with Crippen molar-refractivity contribution in [3.8, 4) is 5.75 Å². The van der Waals surface area contributed by atoms with Crippen molar-refractivity contribution >= 4 is 17.5 Å². The van der Waals surface area contributed by atoms with Gasteiger partial charge in [0, 0.05) is 24.5 Å². The maximum Gasteiger partial charge on any atom is 0.222 e. The van der Waals surface area contributed by atoms with E-state index in [0.29, 0.717) is 13.0 Å². The van der Waals surface area contributed by atoms with Crippen LogP contribution in [0.25, 0.3) is 0 Å². The van der Waals surface area contributed by atoms with E-state index < -0.39 is 0 Å². The normalized spacial score (nSPS) is 10.4. The lowest BCUT2D eigenvalue weighted by Crippen LogP contribution is -2.30. The molecule has 0 aliphatic carbocycles. The topological polar surface area (TPSA) is 29.5 Å². The maximum atomic E-state index is 11.8. The first-order valence-electron chi connectivity index (χ1n) is 7.16. The molecule has 0 N–H and O–H groups in total. The van der Waals surface area contributed by atoms with Crippen LogP contribution in [0.15, 0.2) is 12.1 Å². The molecule has 20 heavy (non-hydrogen) atoms. The number of carbonyl (C=O) groups excluding carboxylic acids is 1.